The normalized spacial score (nSPS) is 12.1. The molecular formula is C15H19N. The van der Waals surface area contributed by atoms with E-state index in [1.807, 2.05) is 24.3 Å². The van der Waals surface area contributed by atoms with Crippen LogP contribution in [0.2, 0.25) is 0 Å². The minimum atomic E-state index is 0.449. The first-order valence-corrected chi connectivity index (χ1v) is 5.66. The minimum Gasteiger partial charge on any atom is -0.376 e. The molecule has 1 nitrogen and oxygen atoms in total. The van der Waals surface area contributed by atoms with Gasteiger partial charge in [-0.1, -0.05) is 49.9 Å². The van der Waals surface area contributed by atoms with E-state index < -0.39 is 0 Å². The standard InChI is InChI=1S/C15H19N/c1-4-13(3)16-15(5-2)12-11-14-9-7-6-8-10-14/h6-13,16H,2,4H2,1,3H3/b12-11+. The summed E-state index contributed by atoms with van der Waals surface area (Å²) >= 11 is 0. The second kappa shape index (κ2) is 6.71. The van der Waals surface area contributed by atoms with E-state index in [0.717, 1.165) is 12.1 Å². The van der Waals surface area contributed by atoms with E-state index in [9.17, 15) is 0 Å². The van der Waals surface area contributed by atoms with Crippen molar-refractivity contribution in [3.05, 3.63) is 60.0 Å². The second-order valence-corrected chi connectivity index (χ2v) is 3.79. The molecule has 16 heavy (non-hydrogen) atoms. The molecule has 0 saturated heterocycles. The Hall–Kier alpha value is -1.72. The van der Waals surface area contributed by atoms with Gasteiger partial charge in [0.05, 0.1) is 5.70 Å². The van der Waals surface area contributed by atoms with Crippen molar-refractivity contribution in [2.75, 3.05) is 0 Å². The molecule has 0 heterocycles. The first-order valence-electron chi connectivity index (χ1n) is 5.66. The quantitative estimate of drug-likeness (QED) is 0.580. The lowest BCUT2D eigenvalue weighted by atomic mass is 10.2. The first kappa shape index (κ1) is 12.4. The highest BCUT2D eigenvalue weighted by atomic mass is 14.9. The average molecular weight is 213 g/mol. The van der Waals surface area contributed by atoms with Gasteiger partial charge in [-0.05, 0) is 25.0 Å². The van der Waals surface area contributed by atoms with Crippen molar-refractivity contribution in [3.8, 4) is 0 Å². The van der Waals surface area contributed by atoms with Gasteiger partial charge < -0.3 is 5.32 Å². The molecule has 84 valence electrons. The zero-order chi connectivity index (χ0) is 11.8. The van der Waals surface area contributed by atoms with Crippen LogP contribution < -0.4 is 5.32 Å². The summed E-state index contributed by atoms with van der Waals surface area (Å²) in [4.78, 5) is 0. The minimum absolute atomic E-state index is 0.449. The van der Waals surface area contributed by atoms with Crippen LogP contribution in [-0.2, 0) is 0 Å². The van der Waals surface area contributed by atoms with Gasteiger partial charge in [-0.3, -0.25) is 0 Å². The average Bonchev–Trinajstić information content (AvgIpc) is 2.35. The van der Waals surface area contributed by atoms with Crippen molar-refractivity contribution in [2.24, 2.45) is 0 Å². The van der Waals surface area contributed by atoms with Crippen molar-refractivity contribution in [3.63, 3.8) is 0 Å². The van der Waals surface area contributed by atoms with Gasteiger partial charge in [0, 0.05) is 6.04 Å². The zero-order valence-corrected chi connectivity index (χ0v) is 10.0. The Balaban J connectivity index is 2.65. The largest absolute Gasteiger partial charge is 0.376 e. The summed E-state index contributed by atoms with van der Waals surface area (Å²) < 4.78 is 0. The van der Waals surface area contributed by atoms with Crippen LogP contribution in [0, 0.1) is 0 Å². The van der Waals surface area contributed by atoms with Gasteiger partial charge in [-0.25, -0.2) is 0 Å². The van der Waals surface area contributed by atoms with Crippen LogP contribution in [0.3, 0.4) is 0 Å². The maximum Gasteiger partial charge on any atom is 0.0769 e. The van der Waals surface area contributed by atoms with Crippen molar-refractivity contribution < 1.29 is 0 Å². The fourth-order valence-electron chi connectivity index (χ4n) is 1.27. The lowest BCUT2D eigenvalue weighted by molar-refractivity contribution is 0.605. The Morgan fingerprint density at radius 2 is 2.12 bits per heavy atom. The summed E-state index contributed by atoms with van der Waals surface area (Å²) in [5, 5.41) is 3.34. The van der Waals surface area contributed by atoms with Crippen LogP contribution in [0.25, 0.3) is 6.08 Å². The van der Waals surface area contributed by atoms with Crippen LogP contribution >= 0.6 is 0 Å². The van der Waals surface area contributed by atoms with Crippen LogP contribution in [0.5, 0.6) is 0 Å². The Morgan fingerprint density at radius 3 is 2.69 bits per heavy atom. The van der Waals surface area contributed by atoms with Crippen LogP contribution in [0.1, 0.15) is 25.8 Å². The van der Waals surface area contributed by atoms with Crippen LogP contribution in [0.4, 0.5) is 0 Å². The Morgan fingerprint density at radius 1 is 1.44 bits per heavy atom. The molecule has 0 bridgehead atoms. The van der Waals surface area contributed by atoms with Gasteiger partial charge in [-0.2, -0.15) is 0 Å². The molecule has 1 atom stereocenters. The maximum absolute atomic E-state index is 3.68. The Kier molecular flexibility index (Phi) is 5.18. The molecule has 0 radical (unpaired) electrons. The fourth-order valence-corrected chi connectivity index (χ4v) is 1.27. The summed E-state index contributed by atoms with van der Waals surface area (Å²) in [5.74, 6) is 0. The highest BCUT2D eigenvalue weighted by Gasteiger charge is 1.97. The van der Waals surface area contributed by atoms with Gasteiger partial charge in [0.15, 0.2) is 0 Å². The summed E-state index contributed by atoms with van der Waals surface area (Å²) in [6.07, 6.45) is 5.15. The molecule has 0 spiro atoms. The zero-order valence-electron chi connectivity index (χ0n) is 10.0. The number of benzene rings is 1. The monoisotopic (exact) mass is 213 g/mol. The Labute approximate surface area is 98.2 Å². The molecule has 1 aromatic rings. The molecule has 1 unspecified atom stereocenters. The highest BCUT2D eigenvalue weighted by Crippen LogP contribution is 2.04. The van der Waals surface area contributed by atoms with Crippen LogP contribution in [0.15, 0.2) is 54.4 Å². The van der Waals surface area contributed by atoms with E-state index in [0.29, 0.717) is 6.04 Å². The molecule has 0 fully saturated rings. The van der Waals surface area contributed by atoms with E-state index in [4.69, 9.17) is 0 Å². The van der Waals surface area contributed by atoms with Crippen LogP contribution in [-0.4, -0.2) is 6.04 Å². The van der Waals surface area contributed by atoms with Gasteiger partial charge in [0.2, 0.25) is 0 Å². The van der Waals surface area contributed by atoms with E-state index >= 15 is 0 Å². The molecule has 1 aromatic carbocycles. The van der Waals surface area contributed by atoms with Gasteiger partial charge in [-0.15, -0.1) is 5.73 Å². The molecule has 0 aliphatic rings. The molecule has 1 heteroatoms. The summed E-state index contributed by atoms with van der Waals surface area (Å²) in [7, 11) is 0. The lowest BCUT2D eigenvalue weighted by Gasteiger charge is -2.11. The third-order valence-electron chi connectivity index (χ3n) is 2.45. The van der Waals surface area contributed by atoms with E-state index in [2.05, 4.69) is 49.7 Å². The molecule has 0 aliphatic carbocycles. The van der Waals surface area contributed by atoms with Crippen molar-refractivity contribution in [2.45, 2.75) is 26.3 Å². The van der Waals surface area contributed by atoms with Crippen molar-refractivity contribution >= 4 is 6.08 Å². The molecule has 0 saturated carbocycles. The van der Waals surface area contributed by atoms with Crippen molar-refractivity contribution in [1.82, 2.24) is 5.32 Å². The smallest absolute Gasteiger partial charge is 0.0769 e. The van der Waals surface area contributed by atoms with Crippen molar-refractivity contribution in [1.29, 1.82) is 0 Å². The van der Waals surface area contributed by atoms with E-state index in [1.54, 1.807) is 0 Å². The van der Waals surface area contributed by atoms with E-state index in [1.165, 1.54) is 5.56 Å². The summed E-state index contributed by atoms with van der Waals surface area (Å²) in [6.45, 7) is 7.98. The van der Waals surface area contributed by atoms with Gasteiger partial charge in [0.1, 0.15) is 0 Å². The van der Waals surface area contributed by atoms with Gasteiger partial charge >= 0.3 is 0 Å². The molecular weight excluding hydrogens is 194 g/mol. The van der Waals surface area contributed by atoms with E-state index in [-0.39, 0.29) is 0 Å². The second-order valence-electron chi connectivity index (χ2n) is 3.79. The Bertz CT molecular complexity index is 383. The fraction of sp³-hybridized carbons (Fsp3) is 0.267. The number of nitrogens with one attached hydrogen (secondary N) is 1. The van der Waals surface area contributed by atoms with Gasteiger partial charge in [0.25, 0.3) is 0 Å². The predicted molar refractivity (Wildman–Crippen MR) is 71.0 cm³/mol. The highest BCUT2D eigenvalue weighted by molar-refractivity contribution is 5.52. The SMILES string of the molecule is C=C=C(/C=C/c1ccccc1)NC(C)CC. The predicted octanol–water partition coefficient (Wildman–Crippen LogP) is 3.76. The third kappa shape index (κ3) is 4.20. The summed E-state index contributed by atoms with van der Waals surface area (Å²) in [5.41, 5.74) is 5.03. The molecule has 1 rings (SSSR count). The molecule has 1 N–H and O–H groups in total. The first-order chi connectivity index (χ1) is 7.76. The third-order valence-corrected chi connectivity index (χ3v) is 2.45. The number of hydrogen-bond donors (Lipinski definition) is 1. The number of allylic oxidation sites excluding steroid dienone is 1. The maximum atomic E-state index is 3.68. The topological polar surface area (TPSA) is 12.0 Å². The molecule has 0 amide bonds. The summed E-state index contributed by atoms with van der Waals surface area (Å²) in [6, 6.07) is 10.7. The number of hydrogen-bond acceptors (Lipinski definition) is 1. The number of rotatable bonds is 5. The molecule has 0 aromatic heterocycles. The molecule has 0 aliphatic heterocycles. The lowest BCUT2D eigenvalue weighted by Crippen LogP contribution is -2.23.